The summed E-state index contributed by atoms with van der Waals surface area (Å²) >= 11 is 1.88. The van der Waals surface area contributed by atoms with Crippen molar-refractivity contribution in [2.24, 2.45) is 0 Å². The van der Waals surface area contributed by atoms with Crippen molar-refractivity contribution in [3.63, 3.8) is 0 Å². The molecule has 1 unspecified atom stereocenters. The normalized spacial score (nSPS) is 12.2. The van der Waals surface area contributed by atoms with E-state index >= 15 is 0 Å². The van der Waals surface area contributed by atoms with Crippen molar-refractivity contribution in [1.82, 2.24) is 0 Å². The zero-order valence-electron chi connectivity index (χ0n) is 20.4. The molecule has 0 bridgehead atoms. The number of amides is 1. The summed E-state index contributed by atoms with van der Waals surface area (Å²) in [5, 5.41) is 3.34. The Hall–Kier alpha value is -0.960. The molecule has 1 N–H and O–H groups in total. The number of nitrogens with one attached hydrogen (secondary N) is 1. The Morgan fingerprint density at radius 1 is 0.800 bits per heavy atom. The van der Waals surface area contributed by atoms with Gasteiger partial charge in [0.2, 0.25) is 5.91 Å². The Bertz CT molecular complexity index is 576. The predicted octanol–water partition coefficient (Wildman–Crippen LogP) is 8.76. The van der Waals surface area contributed by atoms with Crippen LogP contribution in [0.1, 0.15) is 114 Å². The van der Waals surface area contributed by atoms with Crippen LogP contribution in [0.3, 0.4) is 0 Å². The molecule has 0 aromatic heterocycles. The summed E-state index contributed by atoms with van der Waals surface area (Å²) in [4.78, 5) is 13.1. The lowest BCUT2D eigenvalue weighted by Gasteiger charge is -2.19. The van der Waals surface area contributed by atoms with Crippen molar-refractivity contribution < 1.29 is 4.79 Å². The second kappa shape index (κ2) is 16.7. The van der Waals surface area contributed by atoms with Gasteiger partial charge in [-0.2, -0.15) is 0 Å². The molecule has 0 aliphatic heterocycles. The van der Waals surface area contributed by atoms with Crippen molar-refractivity contribution in [3.05, 3.63) is 28.8 Å². The van der Waals surface area contributed by atoms with Crippen molar-refractivity contribution in [1.29, 1.82) is 0 Å². The molecular weight excluding hydrogens is 386 g/mol. The van der Waals surface area contributed by atoms with E-state index in [-0.39, 0.29) is 11.2 Å². The molecule has 0 saturated heterocycles. The molecule has 0 radical (unpaired) electrons. The van der Waals surface area contributed by atoms with Crippen LogP contribution in [0.5, 0.6) is 0 Å². The molecule has 1 amide bonds. The van der Waals surface area contributed by atoms with E-state index in [1.54, 1.807) is 0 Å². The van der Waals surface area contributed by atoms with Crippen LogP contribution < -0.4 is 5.32 Å². The molecule has 0 aliphatic rings. The standard InChI is InChI=1S/C27H47NOS/c1-6-8-10-12-13-14-15-17-19-30-25(18-16-11-9-7-2)27(29)28-26-23(4)20-22(3)21-24(26)5/h20-21,25H,6-19H2,1-5H3,(H,28,29). The lowest BCUT2D eigenvalue weighted by Crippen LogP contribution is -2.26. The van der Waals surface area contributed by atoms with E-state index in [1.165, 1.54) is 87.3 Å². The van der Waals surface area contributed by atoms with E-state index in [0.717, 1.165) is 24.3 Å². The molecule has 1 rings (SSSR count). The van der Waals surface area contributed by atoms with Crippen LogP contribution in [0.4, 0.5) is 5.69 Å². The minimum atomic E-state index is 0.0755. The third kappa shape index (κ3) is 11.4. The highest BCUT2D eigenvalue weighted by molar-refractivity contribution is 8.00. The SMILES string of the molecule is CCCCCCCCCCSC(CCCCCC)C(=O)Nc1c(C)cc(C)cc1C. The van der Waals surface area contributed by atoms with E-state index < -0.39 is 0 Å². The third-order valence-electron chi connectivity index (χ3n) is 5.85. The quantitative estimate of drug-likeness (QED) is 0.249. The molecule has 2 nitrogen and oxygen atoms in total. The Labute approximate surface area is 191 Å². The Morgan fingerprint density at radius 2 is 1.30 bits per heavy atom. The summed E-state index contributed by atoms with van der Waals surface area (Å²) in [6.45, 7) is 10.8. The first kappa shape index (κ1) is 27.1. The number of carbonyl (C=O) groups is 1. The zero-order valence-corrected chi connectivity index (χ0v) is 21.3. The summed E-state index contributed by atoms with van der Waals surface area (Å²) in [5.74, 6) is 1.30. The van der Waals surface area contributed by atoms with Gasteiger partial charge in [0.15, 0.2) is 0 Å². The van der Waals surface area contributed by atoms with Crippen LogP contribution in [-0.2, 0) is 4.79 Å². The van der Waals surface area contributed by atoms with E-state index in [2.05, 4.69) is 52.1 Å². The summed E-state index contributed by atoms with van der Waals surface area (Å²) in [5.41, 5.74) is 4.59. The van der Waals surface area contributed by atoms with Gasteiger partial charge in [0.1, 0.15) is 0 Å². The number of unbranched alkanes of at least 4 members (excludes halogenated alkanes) is 10. The molecule has 1 atom stereocenters. The number of hydrogen-bond acceptors (Lipinski definition) is 2. The number of rotatable bonds is 17. The molecule has 1 aromatic rings. The molecule has 0 saturated carbocycles. The number of thioether (sulfide) groups is 1. The van der Waals surface area contributed by atoms with E-state index in [9.17, 15) is 4.79 Å². The molecule has 0 heterocycles. The molecule has 30 heavy (non-hydrogen) atoms. The van der Waals surface area contributed by atoms with Gasteiger partial charge in [0.25, 0.3) is 0 Å². The van der Waals surface area contributed by atoms with Gasteiger partial charge in [-0.1, -0.05) is 102 Å². The molecule has 0 aliphatic carbocycles. The fraction of sp³-hybridized carbons (Fsp3) is 0.741. The maximum absolute atomic E-state index is 13.1. The van der Waals surface area contributed by atoms with E-state index in [1.807, 2.05) is 11.8 Å². The Balaban J connectivity index is 2.49. The van der Waals surface area contributed by atoms with Gasteiger partial charge in [0.05, 0.1) is 5.25 Å². The van der Waals surface area contributed by atoms with Crippen LogP contribution in [0.15, 0.2) is 12.1 Å². The number of aryl methyl sites for hydroxylation is 3. The van der Waals surface area contributed by atoms with Crippen LogP contribution in [0.2, 0.25) is 0 Å². The molecule has 3 heteroatoms. The second-order valence-electron chi connectivity index (χ2n) is 8.95. The van der Waals surface area contributed by atoms with Gasteiger partial charge in [-0.05, 0) is 50.5 Å². The van der Waals surface area contributed by atoms with E-state index in [4.69, 9.17) is 0 Å². The lowest BCUT2D eigenvalue weighted by atomic mass is 10.0. The van der Waals surface area contributed by atoms with Gasteiger partial charge in [-0.25, -0.2) is 0 Å². The van der Waals surface area contributed by atoms with Crippen LogP contribution in [-0.4, -0.2) is 16.9 Å². The first-order valence-electron chi connectivity index (χ1n) is 12.5. The molecule has 0 fully saturated rings. The summed E-state index contributed by atoms with van der Waals surface area (Å²) < 4.78 is 0. The van der Waals surface area contributed by atoms with Gasteiger partial charge < -0.3 is 5.32 Å². The molecule has 172 valence electrons. The number of hydrogen-bond donors (Lipinski definition) is 1. The van der Waals surface area contributed by atoms with Crippen molar-refractivity contribution in [3.8, 4) is 0 Å². The summed E-state index contributed by atoms with van der Waals surface area (Å²) in [6.07, 6.45) is 16.6. The minimum Gasteiger partial charge on any atom is -0.325 e. The highest BCUT2D eigenvalue weighted by atomic mass is 32.2. The average molecular weight is 434 g/mol. The fourth-order valence-electron chi connectivity index (χ4n) is 4.09. The second-order valence-corrected chi connectivity index (χ2v) is 10.3. The number of carbonyl (C=O) groups excluding carboxylic acids is 1. The average Bonchev–Trinajstić information content (AvgIpc) is 2.70. The Morgan fingerprint density at radius 3 is 1.87 bits per heavy atom. The minimum absolute atomic E-state index is 0.0755. The maximum atomic E-state index is 13.1. The largest absolute Gasteiger partial charge is 0.325 e. The van der Waals surface area contributed by atoms with Gasteiger partial charge in [0, 0.05) is 5.69 Å². The van der Waals surface area contributed by atoms with Crippen LogP contribution in [0.25, 0.3) is 0 Å². The highest BCUT2D eigenvalue weighted by Gasteiger charge is 2.20. The summed E-state index contributed by atoms with van der Waals surface area (Å²) in [7, 11) is 0. The van der Waals surface area contributed by atoms with Gasteiger partial charge in [-0.15, -0.1) is 11.8 Å². The number of benzene rings is 1. The highest BCUT2D eigenvalue weighted by Crippen LogP contribution is 2.26. The van der Waals surface area contributed by atoms with Crippen LogP contribution >= 0.6 is 11.8 Å². The smallest absolute Gasteiger partial charge is 0.237 e. The Kier molecular flexibility index (Phi) is 15.1. The zero-order chi connectivity index (χ0) is 22.2. The van der Waals surface area contributed by atoms with E-state index in [0.29, 0.717) is 0 Å². The van der Waals surface area contributed by atoms with Crippen molar-refractivity contribution in [2.75, 3.05) is 11.1 Å². The van der Waals surface area contributed by atoms with Crippen molar-refractivity contribution in [2.45, 2.75) is 123 Å². The van der Waals surface area contributed by atoms with Gasteiger partial charge >= 0.3 is 0 Å². The molecule has 1 aromatic carbocycles. The lowest BCUT2D eigenvalue weighted by molar-refractivity contribution is -0.115. The van der Waals surface area contributed by atoms with Gasteiger partial charge in [-0.3, -0.25) is 4.79 Å². The first-order chi connectivity index (χ1) is 14.5. The fourth-order valence-corrected chi connectivity index (χ4v) is 5.29. The topological polar surface area (TPSA) is 29.1 Å². The summed E-state index contributed by atoms with van der Waals surface area (Å²) in [6, 6.07) is 4.32. The monoisotopic (exact) mass is 433 g/mol. The molecular formula is C27H47NOS. The predicted molar refractivity (Wildman–Crippen MR) is 137 cm³/mol. The maximum Gasteiger partial charge on any atom is 0.237 e. The first-order valence-corrected chi connectivity index (χ1v) is 13.5. The molecule has 0 spiro atoms. The van der Waals surface area contributed by atoms with Crippen LogP contribution in [0, 0.1) is 20.8 Å². The van der Waals surface area contributed by atoms with Crippen molar-refractivity contribution >= 4 is 23.4 Å². The third-order valence-corrected chi connectivity index (χ3v) is 7.23. The number of anilines is 1.